The number of rotatable bonds is 7. The van der Waals surface area contributed by atoms with Crippen molar-refractivity contribution in [1.29, 1.82) is 0 Å². The first-order chi connectivity index (χ1) is 9.40. The number of hydrogen-bond acceptors (Lipinski definition) is 1. The van der Waals surface area contributed by atoms with Gasteiger partial charge in [-0.05, 0) is 42.9 Å². The van der Waals surface area contributed by atoms with E-state index in [0.717, 1.165) is 18.3 Å². The molecule has 0 aromatic heterocycles. The summed E-state index contributed by atoms with van der Waals surface area (Å²) in [6.07, 6.45) is 12.1. The Bertz CT molecular complexity index is 335. The molecule has 106 valence electrons. The molecule has 0 heterocycles. The van der Waals surface area contributed by atoms with E-state index in [1.807, 2.05) is 0 Å². The maximum absolute atomic E-state index is 5.79. The second-order valence-electron chi connectivity index (χ2n) is 5.81. The third-order valence-electron chi connectivity index (χ3n) is 4.22. The summed E-state index contributed by atoms with van der Waals surface area (Å²) in [6, 6.07) is 8.86. The summed E-state index contributed by atoms with van der Waals surface area (Å²) in [7, 11) is 0. The summed E-state index contributed by atoms with van der Waals surface area (Å²) in [5.41, 5.74) is 1.51. The Balaban J connectivity index is 1.74. The molecule has 1 heteroatoms. The van der Waals surface area contributed by atoms with Gasteiger partial charge in [-0.15, -0.1) is 0 Å². The van der Waals surface area contributed by atoms with E-state index in [9.17, 15) is 0 Å². The molecule has 0 N–H and O–H groups in total. The fourth-order valence-electron chi connectivity index (χ4n) is 2.99. The maximum Gasteiger partial charge on any atom is 0.119 e. The minimum absolute atomic E-state index is 0.798. The molecule has 0 radical (unpaired) electrons. The van der Waals surface area contributed by atoms with Crippen LogP contribution in [0.3, 0.4) is 0 Å². The van der Waals surface area contributed by atoms with Crippen LogP contribution in [0.1, 0.15) is 76.2 Å². The molecule has 1 aliphatic rings. The van der Waals surface area contributed by atoms with Crippen LogP contribution in [-0.4, -0.2) is 6.61 Å². The first kappa shape index (κ1) is 14.4. The smallest absolute Gasteiger partial charge is 0.119 e. The van der Waals surface area contributed by atoms with Crippen LogP contribution in [0.5, 0.6) is 5.75 Å². The van der Waals surface area contributed by atoms with Crippen molar-refractivity contribution in [3.8, 4) is 5.75 Å². The van der Waals surface area contributed by atoms with Crippen LogP contribution in [0, 0.1) is 0 Å². The van der Waals surface area contributed by atoms with Gasteiger partial charge in [0.1, 0.15) is 5.75 Å². The molecule has 2 rings (SSSR count). The molecule has 0 aliphatic heterocycles. The molecule has 1 aromatic rings. The standard InChI is InChI=1S/C18H28O/c1-2-3-4-8-15-19-18-13-11-17(12-14-18)16-9-6-5-7-10-16/h11-14,16H,2-10,15H2,1H3. The van der Waals surface area contributed by atoms with E-state index in [4.69, 9.17) is 4.74 Å². The summed E-state index contributed by atoms with van der Waals surface area (Å²) in [5, 5.41) is 0. The summed E-state index contributed by atoms with van der Waals surface area (Å²) < 4.78 is 5.79. The van der Waals surface area contributed by atoms with Gasteiger partial charge in [0.15, 0.2) is 0 Å². The van der Waals surface area contributed by atoms with E-state index < -0.39 is 0 Å². The zero-order chi connectivity index (χ0) is 13.3. The van der Waals surface area contributed by atoms with Crippen LogP contribution in [0.15, 0.2) is 24.3 Å². The van der Waals surface area contributed by atoms with Gasteiger partial charge in [0, 0.05) is 0 Å². The van der Waals surface area contributed by atoms with Crippen molar-refractivity contribution in [2.45, 2.75) is 70.6 Å². The average molecular weight is 260 g/mol. The Morgan fingerprint density at radius 1 is 0.947 bits per heavy atom. The average Bonchev–Trinajstić information content (AvgIpc) is 2.49. The van der Waals surface area contributed by atoms with Crippen molar-refractivity contribution in [3.05, 3.63) is 29.8 Å². The number of ether oxygens (including phenoxy) is 1. The molecule has 1 fully saturated rings. The van der Waals surface area contributed by atoms with Crippen molar-refractivity contribution >= 4 is 0 Å². The van der Waals surface area contributed by atoms with Crippen LogP contribution in [0.4, 0.5) is 0 Å². The second kappa shape index (κ2) is 8.24. The predicted molar refractivity (Wildman–Crippen MR) is 81.9 cm³/mol. The van der Waals surface area contributed by atoms with E-state index in [1.54, 1.807) is 0 Å². The zero-order valence-corrected chi connectivity index (χ0v) is 12.4. The van der Waals surface area contributed by atoms with E-state index >= 15 is 0 Å². The summed E-state index contributed by atoms with van der Waals surface area (Å²) in [6.45, 7) is 3.10. The van der Waals surface area contributed by atoms with Crippen LogP contribution in [0.25, 0.3) is 0 Å². The highest BCUT2D eigenvalue weighted by molar-refractivity contribution is 5.29. The Kier molecular flexibility index (Phi) is 6.26. The van der Waals surface area contributed by atoms with Crippen molar-refractivity contribution < 1.29 is 4.74 Å². The van der Waals surface area contributed by atoms with E-state index in [1.165, 1.54) is 63.4 Å². The van der Waals surface area contributed by atoms with Gasteiger partial charge in [-0.1, -0.05) is 57.6 Å². The van der Waals surface area contributed by atoms with Gasteiger partial charge in [0.25, 0.3) is 0 Å². The molecular weight excluding hydrogens is 232 g/mol. The highest BCUT2D eigenvalue weighted by Gasteiger charge is 2.15. The van der Waals surface area contributed by atoms with Crippen LogP contribution < -0.4 is 4.74 Å². The lowest BCUT2D eigenvalue weighted by atomic mass is 9.84. The molecule has 1 saturated carbocycles. The first-order valence-corrected chi connectivity index (χ1v) is 8.13. The summed E-state index contributed by atoms with van der Waals surface area (Å²) in [4.78, 5) is 0. The predicted octanol–water partition coefficient (Wildman–Crippen LogP) is 5.69. The summed E-state index contributed by atoms with van der Waals surface area (Å²) >= 11 is 0. The SMILES string of the molecule is CCCCCCOc1ccc(C2CCCCC2)cc1. The van der Waals surface area contributed by atoms with Crippen LogP contribution in [0.2, 0.25) is 0 Å². The molecule has 0 atom stereocenters. The maximum atomic E-state index is 5.79. The lowest BCUT2D eigenvalue weighted by Gasteiger charge is -2.22. The largest absolute Gasteiger partial charge is 0.494 e. The Morgan fingerprint density at radius 2 is 1.68 bits per heavy atom. The molecule has 0 spiro atoms. The number of hydrogen-bond donors (Lipinski definition) is 0. The van der Waals surface area contributed by atoms with E-state index in [-0.39, 0.29) is 0 Å². The molecule has 0 unspecified atom stereocenters. The zero-order valence-electron chi connectivity index (χ0n) is 12.4. The highest BCUT2D eigenvalue weighted by atomic mass is 16.5. The molecule has 19 heavy (non-hydrogen) atoms. The summed E-state index contributed by atoms with van der Waals surface area (Å²) in [5.74, 6) is 1.84. The van der Waals surface area contributed by atoms with Crippen molar-refractivity contribution in [1.82, 2.24) is 0 Å². The molecule has 0 bridgehead atoms. The van der Waals surface area contributed by atoms with Gasteiger partial charge < -0.3 is 4.74 Å². The van der Waals surface area contributed by atoms with Gasteiger partial charge in [-0.25, -0.2) is 0 Å². The topological polar surface area (TPSA) is 9.23 Å². The monoisotopic (exact) mass is 260 g/mol. The minimum atomic E-state index is 0.798. The van der Waals surface area contributed by atoms with Gasteiger partial charge in [0.2, 0.25) is 0 Å². The lowest BCUT2D eigenvalue weighted by Crippen LogP contribution is -2.04. The quantitative estimate of drug-likeness (QED) is 0.572. The Hall–Kier alpha value is -0.980. The molecule has 1 aliphatic carbocycles. The highest BCUT2D eigenvalue weighted by Crippen LogP contribution is 2.33. The van der Waals surface area contributed by atoms with Gasteiger partial charge in [-0.2, -0.15) is 0 Å². The molecule has 1 nitrogen and oxygen atoms in total. The third-order valence-corrected chi connectivity index (χ3v) is 4.22. The van der Waals surface area contributed by atoms with E-state index in [2.05, 4.69) is 31.2 Å². The minimum Gasteiger partial charge on any atom is -0.494 e. The number of benzene rings is 1. The van der Waals surface area contributed by atoms with Gasteiger partial charge >= 0.3 is 0 Å². The lowest BCUT2D eigenvalue weighted by molar-refractivity contribution is 0.305. The first-order valence-electron chi connectivity index (χ1n) is 8.13. The van der Waals surface area contributed by atoms with Crippen molar-refractivity contribution in [2.24, 2.45) is 0 Å². The second-order valence-corrected chi connectivity index (χ2v) is 5.81. The third kappa shape index (κ3) is 4.89. The fraction of sp³-hybridized carbons (Fsp3) is 0.667. The van der Waals surface area contributed by atoms with E-state index in [0.29, 0.717) is 0 Å². The van der Waals surface area contributed by atoms with Crippen LogP contribution in [-0.2, 0) is 0 Å². The molecular formula is C18H28O. The normalized spacial score (nSPS) is 16.5. The molecule has 0 saturated heterocycles. The molecule has 0 amide bonds. The Morgan fingerprint density at radius 3 is 2.37 bits per heavy atom. The van der Waals surface area contributed by atoms with Gasteiger partial charge in [-0.3, -0.25) is 0 Å². The van der Waals surface area contributed by atoms with Crippen molar-refractivity contribution in [3.63, 3.8) is 0 Å². The molecule has 1 aromatic carbocycles. The Labute approximate surface area is 118 Å². The fourth-order valence-corrected chi connectivity index (χ4v) is 2.99. The van der Waals surface area contributed by atoms with Gasteiger partial charge in [0.05, 0.1) is 6.61 Å². The van der Waals surface area contributed by atoms with Crippen molar-refractivity contribution in [2.75, 3.05) is 6.61 Å². The van der Waals surface area contributed by atoms with Crippen LogP contribution >= 0.6 is 0 Å². The number of unbranched alkanes of at least 4 members (excludes halogenated alkanes) is 3.